The number of methoxy groups -OCH3 is 1. The summed E-state index contributed by atoms with van der Waals surface area (Å²) in [7, 11) is -2.40. The summed E-state index contributed by atoms with van der Waals surface area (Å²) in [4.78, 5) is 35.9. The van der Waals surface area contributed by atoms with E-state index in [4.69, 9.17) is 14.2 Å². The molecule has 0 aromatic heterocycles. The Morgan fingerprint density at radius 1 is 0.947 bits per heavy atom. The third-order valence-corrected chi connectivity index (χ3v) is 7.82. The Bertz CT molecular complexity index is 976. The van der Waals surface area contributed by atoms with E-state index < -0.39 is 28.1 Å². The van der Waals surface area contributed by atoms with E-state index in [2.05, 4.69) is 10.6 Å². The number of sulfonamides is 1. The molecule has 1 saturated heterocycles. The first kappa shape index (κ1) is 31.6. The quantitative estimate of drug-likeness (QED) is 0.209. The molecule has 2 amide bonds. The van der Waals surface area contributed by atoms with Crippen LogP contribution in [-0.4, -0.2) is 101 Å². The SMILES string of the molecule is COCCOCCOCCC(=O)NCCCCCC(=O)N[C@@H]1C[C@@H](C(=O)O)N(S(=O)(=O)c2ccccc2)C1. The van der Waals surface area contributed by atoms with Crippen molar-refractivity contribution in [3.63, 3.8) is 0 Å². The van der Waals surface area contributed by atoms with Crippen LogP contribution in [0.2, 0.25) is 0 Å². The second kappa shape index (κ2) is 17.1. The molecular formula is C25H39N3O9S. The van der Waals surface area contributed by atoms with Crippen LogP contribution >= 0.6 is 0 Å². The number of carboxylic acid groups (broad SMARTS) is 1. The molecule has 13 heteroatoms. The van der Waals surface area contributed by atoms with Crippen molar-refractivity contribution < 1.29 is 42.1 Å². The minimum atomic E-state index is -4.00. The van der Waals surface area contributed by atoms with Gasteiger partial charge in [0.15, 0.2) is 0 Å². The van der Waals surface area contributed by atoms with Crippen LogP contribution in [0.1, 0.15) is 38.5 Å². The Labute approximate surface area is 224 Å². The van der Waals surface area contributed by atoms with Crippen LogP contribution in [0, 0.1) is 0 Å². The number of carboxylic acids is 1. The smallest absolute Gasteiger partial charge is 0.322 e. The summed E-state index contributed by atoms with van der Waals surface area (Å²) in [6, 6.07) is 5.82. The zero-order valence-corrected chi connectivity index (χ0v) is 22.6. The van der Waals surface area contributed by atoms with Crippen LogP contribution in [0.25, 0.3) is 0 Å². The summed E-state index contributed by atoms with van der Waals surface area (Å²) in [6.45, 7) is 2.61. The van der Waals surface area contributed by atoms with E-state index in [0.717, 1.165) is 10.7 Å². The highest BCUT2D eigenvalue weighted by atomic mass is 32.2. The van der Waals surface area contributed by atoms with E-state index >= 15 is 0 Å². The van der Waals surface area contributed by atoms with Crippen molar-refractivity contribution >= 4 is 27.8 Å². The van der Waals surface area contributed by atoms with Gasteiger partial charge in [-0.2, -0.15) is 4.31 Å². The van der Waals surface area contributed by atoms with E-state index in [1.807, 2.05) is 0 Å². The lowest BCUT2D eigenvalue weighted by Crippen LogP contribution is -2.41. The first-order valence-electron chi connectivity index (χ1n) is 12.8. The Hall–Kier alpha value is -2.58. The van der Waals surface area contributed by atoms with Crippen molar-refractivity contribution in [2.75, 3.05) is 53.2 Å². The monoisotopic (exact) mass is 557 g/mol. The average Bonchev–Trinajstić information content (AvgIpc) is 3.33. The fourth-order valence-corrected chi connectivity index (χ4v) is 5.62. The van der Waals surface area contributed by atoms with Crippen molar-refractivity contribution in [1.29, 1.82) is 0 Å². The van der Waals surface area contributed by atoms with E-state index in [1.54, 1.807) is 25.3 Å². The molecule has 1 heterocycles. The van der Waals surface area contributed by atoms with Gasteiger partial charge in [0, 0.05) is 39.1 Å². The van der Waals surface area contributed by atoms with Gasteiger partial charge in [-0.1, -0.05) is 24.6 Å². The highest BCUT2D eigenvalue weighted by Gasteiger charge is 2.44. The maximum absolute atomic E-state index is 12.9. The first-order valence-corrected chi connectivity index (χ1v) is 14.2. The van der Waals surface area contributed by atoms with Crippen LogP contribution in [0.5, 0.6) is 0 Å². The number of carbonyl (C=O) groups excluding carboxylic acids is 2. The molecule has 1 fully saturated rings. The summed E-state index contributed by atoms with van der Waals surface area (Å²) in [5.74, 6) is -1.61. The number of aliphatic carboxylic acids is 1. The number of nitrogens with one attached hydrogen (secondary N) is 2. The highest BCUT2D eigenvalue weighted by molar-refractivity contribution is 7.89. The van der Waals surface area contributed by atoms with Gasteiger partial charge in [-0.15, -0.1) is 0 Å². The van der Waals surface area contributed by atoms with Crippen molar-refractivity contribution in [2.45, 2.75) is 55.5 Å². The first-order chi connectivity index (χ1) is 18.3. The van der Waals surface area contributed by atoms with Crippen LogP contribution in [-0.2, 0) is 38.6 Å². The second-order valence-corrected chi connectivity index (χ2v) is 10.8. The lowest BCUT2D eigenvalue weighted by Gasteiger charge is -2.20. The van der Waals surface area contributed by atoms with Crippen molar-refractivity contribution in [3.8, 4) is 0 Å². The Balaban J connectivity index is 1.59. The summed E-state index contributed by atoms with van der Waals surface area (Å²) in [5, 5.41) is 15.1. The second-order valence-electron chi connectivity index (χ2n) is 8.87. The maximum Gasteiger partial charge on any atom is 0.322 e. The molecule has 2 rings (SSSR count). The lowest BCUT2D eigenvalue weighted by atomic mass is 10.1. The molecule has 1 aromatic rings. The molecule has 38 heavy (non-hydrogen) atoms. The standard InChI is InChI=1S/C25H39N3O9S/c1-35-14-15-37-17-16-36-13-11-23(29)26-12-7-3-6-10-24(30)27-20-18-22(25(31)32)28(19-20)38(33,34)21-8-4-2-5-9-21/h2,4-5,8-9,20,22H,3,6-7,10-19H2,1H3,(H,26,29)(H,27,30)(H,31,32)/t20-,22+/m1/s1. The Morgan fingerprint density at radius 2 is 1.63 bits per heavy atom. The molecule has 1 aliphatic heterocycles. The zero-order valence-electron chi connectivity index (χ0n) is 21.8. The summed E-state index contributed by atoms with van der Waals surface area (Å²) < 4.78 is 42.3. The number of unbranched alkanes of at least 4 members (excludes halogenated alkanes) is 2. The Morgan fingerprint density at radius 3 is 2.32 bits per heavy atom. The molecule has 1 aromatic carbocycles. The van der Waals surface area contributed by atoms with Crippen LogP contribution in [0.3, 0.4) is 0 Å². The number of hydrogen-bond donors (Lipinski definition) is 3. The van der Waals surface area contributed by atoms with Crippen LogP contribution < -0.4 is 10.6 Å². The summed E-state index contributed by atoms with van der Waals surface area (Å²) in [6.07, 6.45) is 2.52. The fraction of sp³-hybridized carbons (Fsp3) is 0.640. The molecule has 0 unspecified atom stereocenters. The predicted molar refractivity (Wildman–Crippen MR) is 138 cm³/mol. The molecule has 214 valence electrons. The molecule has 0 spiro atoms. The summed E-state index contributed by atoms with van der Waals surface area (Å²) in [5.41, 5.74) is 0. The molecule has 0 radical (unpaired) electrons. The number of nitrogens with zero attached hydrogens (tertiary/aromatic N) is 1. The van der Waals surface area contributed by atoms with Gasteiger partial charge in [-0.05, 0) is 31.4 Å². The van der Waals surface area contributed by atoms with Gasteiger partial charge in [0.05, 0.1) is 37.9 Å². The van der Waals surface area contributed by atoms with Crippen LogP contribution in [0.15, 0.2) is 35.2 Å². The molecule has 3 N–H and O–H groups in total. The molecule has 12 nitrogen and oxygen atoms in total. The molecule has 1 aliphatic rings. The molecule has 0 bridgehead atoms. The van der Waals surface area contributed by atoms with Crippen LogP contribution in [0.4, 0.5) is 0 Å². The lowest BCUT2D eigenvalue weighted by molar-refractivity contribution is -0.140. The van der Waals surface area contributed by atoms with Crippen molar-refractivity contribution in [3.05, 3.63) is 30.3 Å². The number of hydrogen-bond acceptors (Lipinski definition) is 8. The van der Waals surface area contributed by atoms with Gasteiger partial charge < -0.3 is 30.0 Å². The van der Waals surface area contributed by atoms with E-state index in [9.17, 15) is 27.9 Å². The van der Waals surface area contributed by atoms with Gasteiger partial charge in [-0.3, -0.25) is 14.4 Å². The van der Waals surface area contributed by atoms with Gasteiger partial charge >= 0.3 is 5.97 Å². The highest BCUT2D eigenvalue weighted by Crippen LogP contribution is 2.26. The zero-order chi connectivity index (χ0) is 27.8. The topological polar surface area (TPSA) is 161 Å². The number of ether oxygens (including phenoxy) is 3. The van der Waals surface area contributed by atoms with Crippen molar-refractivity contribution in [2.24, 2.45) is 0 Å². The van der Waals surface area contributed by atoms with Gasteiger partial charge in [-0.25, -0.2) is 8.42 Å². The predicted octanol–water partition coefficient (Wildman–Crippen LogP) is 0.765. The molecule has 2 atom stereocenters. The number of rotatable bonds is 19. The van der Waals surface area contributed by atoms with Gasteiger partial charge in [0.2, 0.25) is 21.8 Å². The van der Waals surface area contributed by atoms with E-state index in [-0.39, 0.29) is 42.5 Å². The minimum Gasteiger partial charge on any atom is -0.480 e. The average molecular weight is 558 g/mol. The Kier molecular flexibility index (Phi) is 14.2. The largest absolute Gasteiger partial charge is 0.480 e. The molecule has 0 saturated carbocycles. The normalized spacial score (nSPS) is 17.8. The van der Waals surface area contributed by atoms with Crippen molar-refractivity contribution in [1.82, 2.24) is 14.9 Å². The van der Waals surface area contributed by atoms with E-state index in [1.165, 1.54) is 12.1 Å². The number of benzene rings is 1. The van der Waals surface area contributed by atoms with Gasteiger partial charge in [0.1, 0.15) is 6.04 Å². The summed E-state index contributed by atoms with van der Waals surface area (Å²) >= 11 is 0. The third kappa shape index (κ3) is 11.0. The third-order valence-electron chi connectivity index (χ3n) is 5.94. The van der Waals surface area contributed by atoms with Gasteiger partial charge in [0.25, 0.3) is 0 Å². The number of amides is 2. The minimum absolute atomic E-state index is 0.00369. The fourth-order valence-electron chi connectivity index (χ4n) is 3.96. The number of carbonyl (C=O) groups is 3. The molecule has 0 aliphatic carbocycles. The molecular weight excluding hydrogens is 518 g/mol. The maximum atomic E-state index is 12.9. The van der Waals surface area contributed by atoms with E-state index in [0.29, 0.717) is 52.4 Å².